The lowest BCUT2D eigenvalue weighted by molar-refractivity contribution is -0.385. The van der Waals surface area contributed by atoms with E-state index in [1.807, 2.05) is 7.05 Å². The van der Waals surface area contributed by atoms with Crippen molar-refractivity contribution in [2.24, 2.45) is 5.92 Å². The summed E-state index contributed by atoms with van der Waals surface area (Å²) in [6.45, 7) is 0. The van der Waals surface area contributed by atoms with Gasteiger partial charge < -0.3 is 5.32 Å². The van der Waals surface area contributed by atoms with Gasteiger partial charge in [-0.2, -0.15) is 0 Å². The molecule has 0 spiro atoms. The predicted octanol–water partition coefficient (Wildman–Crippen LogP) is 1.53. The second-order valence-electron chi connectivity index (χ2n) is 4.20. The summed E-state index contributed by atoms with van der Waals surface area (Å²) >= 11 is 0. The molecule has 2 rings (SSSR count). The lowest BCUT2D eigenvalue weighted by Gasteiger charge is -2.14. The largest absolute Gasteiger partial charge is 0.316 e. The fourth-order valence-electron chi connectivity index (χ4n) is 1.92. The second-order valence-corrected chi connectivity index (χ2v) is 4.20. The first kappa shape index (κ1) is 11.0. The second kappa shape index (κ2) is 4.57. The Balaban J connectivity index is 2.07. The molecule has 1 fully saturated rings. The van der Waals surface area contributed by atoms with Crippen LogP contribution in [0.3, 0.4) is 0 Å². The number of aromatic nitrogens is 1. The number of hydrogen-bond acceptors (Lipinski definition) is 4. The monoisotopic (exact) mass is 221 g/mol. The van der Waals surface area contributed by atoms with Crippen molar-refractivity contribution in [1.82, 2.24) is 10.3 Å². The Kier molecular flexibility index (Phi) is 3.14. The first-order valence-corrected chi connectivity index (χ1v) is 5.47. The molecule has 1 aliphatic carbocycles. The van der Waals surface area contributed by atoms with Crippen LogP contribution in [0.2, 0.25) is 0 Å². The third kappa shape index (κ3) is 2.55. The molecule has 0 saturated heterocycles. The molecule has 5 heteroatoms. The molecule has 1 aromatic heterocycles. The standard InChI is InChI=1S/C11H15N3O2/c1-12-11(8-2-3-8)7-9-6-10(14(15)16)4-5-13-9/h4-6,8,11-12H,2-3,7H2,1H3. The Labute approximate surface area is 94.0 Å². The SMILES string of the molecule is CNC(Cc1cc([N+](=O)[O-])ccn1)C1CC1. The van der Waals surface area contributed by atoms with E-state index in [-0.39, 0.29) is 10.6 Å². The molecule has 1 heterocycles. The summed E-state index contributed by atoms with van der Waals surface area (Å²) in [5.74, 6) is 0.714. The van der Waals surface area contributed by atoms with Gasteiger partial charge in [0.05, 0.1) is 4.92 Å². The van der Waals surface area contributed by atoms with E-state index in [4.69, 9.17) is 0 Å². The van der Waals surface area contributed by atoms with Crippen molar-refractivity contribution in [3.8, 4) is 0 Å². The van der Waals surface area contributed by atoms with Crippen LogP contribution in [0.1, 0.15) is 18.5 Å². The van der Waals surface area contributed by atoms with E-state index in [2.05, 4.69) is 10.3 Å². The van der Waals surface area contributed by atoms with Crippen molar-refractivity contribution >= 4 is 5.69 Å². The minimum Gasteiger partial charge on any atom is -0.316 e. The number of pyridine rings is 1. The maximum absolute atomic E-state index is 10.6. The van der Waals surface area contributed by atoms with Gasteiger partial charge in [-0.05, 0) is 25.8 Å². The number of hydrogen-bond donors (Lipinski definition) is 1. The van der Waals surface area contributed by atoms with E-state index in [1.165, 1.54) is 25.1 Å². The summed E-state index contributed by atoms with van der Waals surface area (Å²) in [5.41, 5.74) is 0.913. The van der Waals surface area contributed by atoms with Gasteiger partial charge in [-0.25, -0.2) is 0 Å². The fraction of sp³-hybridized carbons (Fsp3) is 0.545. The fourth-order valence-corrected chi connectivity index (χ4v) is 1.92. The van der Waals surface area contributed by atoms with E-state index in [0.29, 0.717) is 12.0 Å². The number of likely N-dealkylation sites (N-methyl/N-ethyl adjacent to an activating group) is 1. The van der Waals surface area contributed by atoms with Crippen molar-refractivity contribution in [2.45, 2.75) is 25.3 Å². The molecule has 1 N–H and O–H groups in total. The number of rotatable bonds is 5. The van der Waals surface area contributed by atoms with Gasteiger partial charge in [0.2, 0.25) is 0 Å². The van der Waals surface area contributed by atoms with Gasteiger partial charge in [0, 0.05) is 36.5 Å². The highest BCUT2D eigenvalue weighted by Crippen LogP contribution is 2.33. The number of nitrogens with zero attached hydrogens (tertiary/aromatic N) is 2. The molecule has 16 heavy (non-hydrogen) atoms. The Morgan fingerprint density at radius 3 is 3.00 bits per heavy atom. The zero-order valence-electron chi connectivity index (χ0n) is 9.22. The highest BCUT2D eigenvalue weighted by Gasteiger charge is 2.30. The van der Waals surface area contributed by atoms with Crippen molar-refractivity contribution < 1.29 is 4.92 Å². The summed E-state index contributed by atoms with van der Waals surface area (Å²) in [4.78, 5) is 14.4. The normalized spacial score (nSPS) is 17.1. The van der Waals surface area contributed by atoms with Crippen molar-refractivity contribution in [3.63, 3.8) is 0 Å². The van der Waals surface area contributed by atoms with Crippen molar-refractivity contribution in [1.29, 1.82) is 0 Å². The average molecular weight is 221 g/mol. The molecule has 0 aromatic carbocycles. The molecule has 86 valence electrons. The van der Waals surface area contributed by atoms with Gasteiger partial charge in [0.25, 0.3) is 5.69 Å². The first-order chi connectivity index (χ1) is 7.70. The van der Waals surface area contributed by atoms with Crippen LogP contribution in [-0.4, -0.2) is 23.0 Å². The molecule has 0 bridgehead atoms. The van der Waals surface area contributed by atoms with E-state index in [9.17, 15) is 10.1 Å². The van der Waals surface area contributed by atoms with Crippen LogP contribution in [0.15, 0.2) is 18.3 Å². The average Bonchev–Trinajstić information content (AvgIpc) is 3.10. The van der Waals surface area contributed by atoms with E-state index < -0.39 is 0 Å². The van der Waals surface area contributed by atoms with Gasteiger partial charge in [-0.3, -0.25) is 15.1 Å². The Morgan fingerprint density at radius 1 is 1.69 bits per heavy atom. The van der Waals surface area contributed by atoms with Crippen molar-refractivity contribution in [3.05, 3.63) is 34.1 Å². The Hall–Kier alpha value is -1.49. The van der Waals surface area contributed by atoms with Crippen LogP contribution < -0.4 is 5.32 Å². The Bertz CT molecular complexity index is 391. The molecular formula is C11H15N3O2. The van der Waals surface area contributed by atoms with Crippen LogP contribution in [-0.2, 0) is 6.42 Å². The van der Waals surface area contributed by atoms with Crippen LogP contribution in [0.25, 0.3) is 0 Å². The summed E-state index contributed by atoms with van der Waals surface area (Å²) < 4.78 is 0. The van der Waals surface area contributed by atoms with Crippen LogP contribution in [0, 0.1) is 16.0 Å². The summed E-state index contributed by atoms with van der Waals surface area (Å²) in [7, 11) is 1.93. The van der Waals surface area contributed by atoms with Gasteiger partial charge >= 0.3 is 0 Å². The molecular weight excluding hydrogens is 206 g/mol. The number of nitrogens with one attached hydrogen (secondary N) is 1. The first-order valence-electron chi connectivity index (χ1n) is 5.47. The summed E-state index contributed by atoms with van der Waals surface area (Å²) in [6, 6.07) is 3.39. The van der Waals surface area contributed by atoms with Gasteiger partial charge in [0.15, 0.2) is 0 Å². The van der Waals surface area contributed by atoms with E-state index in [1.54, 1.807) is 6.07 Å². The molecule has 1 unspecified atom stereocenters. The van der Waals surface area contributed by atoms with Gasteiger partial charge in [-0.15, -0.1) is 0 Å². The quantitative estimate of drug-likeness (QED) is 0.604. The predicted molar refractivity (Wildman–Crippen MR) is 60.2 cm³/mol. The molecule has 1 aromatic rings. The lowest BCUT2D eigenvalue weighted by atomic mass is 10.1. The van der Waals surface area contributed by atoms with Gasteiger partial charge in [-0.1, -0.05) is 0 Å². The molecule has 0 radical (unpaired) electrons. The third-order valence-electron chi connectivity index (χ3n) is 3.00. The lowest BCUT2D eigenvalue weighted by Crippen LogP contribution is -2.29. The minimum absolute atomic E-state index is 0.121. The molecule has 0 aliphatic heterocycles. The van der Waals surface area contributed by atoms with Gasteiger partial charge in [0.1, 0.15) is 0 Å². The molecule has 0 amide bonds. The molecule has 5 nitrogen and oxygen atoms in total. The highest BCUT2D eigenvalue weighted by atomic mass is 16.6. The molecule has 1 aliphatic rings. The van der Waals surface area contributed by atoms with E-state index in [0.717, 1.165) is 12.1 Å². The van der Waals surface area contributed by atoms with Crippen molar-refractivity contribution in [2.75, 3.05) is 7.05 Å². The maximum atomic E-state index is 10.6. The molecule has 1 atom stereocenters. The van der Waals surface area contributed by atoms with Crippen LogP contribution in [0.4, 0.5) is 5.69 Å². The zero-order valence-corrected chi connectivity index (χ0v) is 9.22. The molecule has 1 saturated carbocycles. The van der Waals surface area contributed by atoms with Crippen LogP contribution in [0.5, 0.6) is 0 Å². The minimum atomic E-state index is -0.378. The zero-order chi connectivity index (χ0) is 11.5. The topological polar surface area (TPSA) is 68.1 Å². The third-order valence-corrected chi connectivity index (χ3v) is 3.00. The summed E-state index contributed by atoms with van der Waals surface area (Å²) in [5, 5.41) is 13.9. The number of nitro groups is 1. The van der Waals surface area contributed by atoms with Crippen LogP contribution >= 0.6 is 0 Å². The maximum Gasteiger partial charge on any atom is 0.272 e. The Morgan fingerprint density at radius 2 is 2.44 bits per heavy atom. The summed E-state index contributed by atoms with van der Waals surface area (Å²) in [6.07, 6.45) is 4.77. The highest BCUT2D eigenvalue weighted by molar-refractivity contribution is 5.30. The smallest absolute Gasteiger partial charge is 0.272 e. The van der Waals surface area contributed by atoms with E-state index >= 15 is 0 Å².